The van der Waals surface area contributed by atoms with Crippen molar-refractivity contribution in [3.8, 4) is 11.4 Å². The summed E-state index contributed by atoms with van der Waals surface area (Å²) in [5.74, 6) is -0.124. The normalized spacial score (nSPS) is 13.6. The molecule has 2 aromatic carbocycles. The Morgan fingerprint density at radius 1 is 1.07 bits per heavy atom. The van der Waals surface area contributed by atoms with Crippen molar-refractivity contribution in [3.05, 3.63) is 64.7 Å². The molecule has 1 aliphatic carbocycles. The highest BCUT2D eigenvalue weighted by atomic mass is 19.4. The van der Waals surface area contributed by atoms with Gasteiger partial charge in [0.25, 0.3) is 0 Å². The maximum atomic E-state index is 12.8. The van der Waals surface area contributed by atoms with E-state index in [4.69, 9.17) is 0 Å². The fraction of sp³-hybridized carbons (Fsp3) is 0.263. The lowest BCUT2D eigenvalue weighted by Gasteiger charge is -2.06. The first-order valence-electron chi connectivity index (χ1n) is 8.50. The van der Waals surface area contributed by atoms with Gasteiger partial charge < -0.3 is 0 Å². The number of halogens is 3. The molecule has 0 bridgehead atoms. The van der Waals surface area contributed by atoms with Crippen molar-refractivity contribution in [3.63, 3.8) is 0 Å². The van der Waals surface area contributed by atoms with E-state index in [1.54, 1.807) is 6.07 Å². The molecule has 0 saturated heterocycles. The van der Waals surface area contributed by atoms with Gasteiger partial charge in [0.15, 0.2) is 5.78 Å². The van der Waals surface area contributed by atoms with Crippen LogP contribution in [0, 0.1) is 0 Å². The van der Waals surface area contributed by atoms with E-state index in [1.165, 1.54) is 23.3 Å². The van der Waals surface area contributed by atoms with Gasteiger partial charge in [0.1, 0.15) is 6.54 Å². The Hall–Kier alpha value is -3.03. The van der Waals surface area contributed by atoms with E-state index in [-0.39, 0.29) is 23.7 Å². The second-order valence-electron chi connectivity index (χ2n) is 6.48. The predicted molar refractivity (Wildman–Crippen MR) is 91.1 cm³/mol. The van der Waals surface area contributed by atoms with Crippen LogP contribution >= 0.6 is 0 Å². The molecule has 0 aliphatic heterocycles. The summed E-state index contributed by atoms with van der Waals surface area (Å²) in [6.45, 7) is -0.120. The third kappa shape index (κ3) is 3.60. The quantitative estimate of drug-likeness (QED) is 0.655. The molecule has 0 spiro atoms. The highest BCUT2D eigenvalue weighted by Crippen LogP contribution is 2.31. The topological polar surface area (TPSA) is 60.7 Å². The number of carbonyl (C=O) groups excluding carboxylic acids is 1. The number of nitrogens with zero attached hydrogens (tertiary/aromatic N) is 4. The van der Waals surface area contributed by atoms with Crippen LogP contribution < -0.4 is 0 Å². The number of carbonyl (C=O) groups is 1. The lowest BCUT2D eigenvalue weighted by molar-refractivity contribution is -0.137. The summed E-state index contributed by atoms with van der Waals surface area (Å²) in [6.07, 6.45) is -1.35. The predicted octanol–water partition coefficient (Wildman–Crippen LogP) is 3.73. The Bertz CT molecular complexity index is 1010. The number of hydrogen-bond donors (Lipinski definition) is 0. The number of tetrazole rings is 1. The van der Waals surface area contributed by atoms with Crippen LogP contribution in [0.5, 0.6) is 0 Å². The zero-order chi connectivity index (χ0) is 19.0. The minimum absolute atomic E-state index is 0.0443. The summed E-state index contributed by atoms with van der Waals surface area (Å²) in [7, 11) is 0. The van der Waals surface area contributed by atoms with Crippen molar-refractivity contribution < 1.29 is 18.0 Å². The van der Waals surface area contributed by atoms with E-state index in [2.05, 4.69) is 15.4 Å². The number of rotatable bonds is 4. The number of hydrogen-bond acceptors (Lipinski definition) is 4. The number of aryl methyl sites for hydroxylation is 2. The summed E-state index contributed by atoms with van der Waals surface area (Å²) >= 11 is 0. The second kappa shape index (κ2) is 6.61. The number of alkyl halides is 3. The lowest BCUT2D eigenvalue weighted by atomic mass is 10.0. The van der Waals surface area contributed by atoms with Gasteiger partial charge in [-0.2, -0.15) is 18.0 Å². The summed E-state index contributed by atoms with van der Waals surface area (Å²) in [6, 6.07) is 10.4. The molecule has 1 aromatic heterocycles. The summed E-state index contributed by atoms with van der Waals surface area (Å²) in [5.41, 5.74) is 2.45. The van der Waals surface area contributed by atoms with Gasteiger partial charge in [0.2, 0.25) is 5.82 Å². The maximum Gasteiger partial charge on any atom is 0.416 e. The standard InChI is InChI=1S/C19H15F3N4O/c20-19(21,22)16-6-2-5-15(10-16)18-23-25-26(24-18)11-17(27)14-8-7-12-3-1-4-13(12)9-14/h2,5-10H,1,3-4,11H2. The molecule has 8 heteroatoms. The Labute approximate surface area is 152 Å². The Kier molecular flexibility index (Phi) is 4.25. The number of Topliss-reactive ketones (excluding diaryl/α,β-unsaturated/α-hetero) is 1. The molecule has 0 saturated carbocycles. The van der Waals surface area contributed by atoms with Crippen LogP contribution in [-0.4, -0.2) is 26.0 Å². The van der Waals surface area contributed by atoms with E-state index < -0.39 is 11.7 Å². The Morgan fingerprint density at radius 3 is 2.70 bits per heavy atom. The van der Waals surface area contributed by atoms with E-state index in [9.17, 15) is 18.0 Å². The molecule has 0 radical (unpaired) electrons. The van der Waals surface area contributed by atoms with Crippen LogP contribution in [0.2, 0.25) is 0 Å². The minimum Gasteiger partial charge on any atom is -0.292 e. The van der Waals surface area contributed by atoms with Crippen LogP contribution in [0.15, 0.2) is 42.5 Å². The fourth-order valence-electron chi connectivity index (χ4n) is 3.23. The van der Waals surface area contributed by atoms with Gasteiger partial charge in [0, 0.05) is 11.1 Å². The van der Waals surface area contributed by atoms with Crippen LogP contribution in [0.4, 0.5) is 13.2 Å². The largest absolute Gasteiger partial charge is 0.416 e. The molecule has 138 valence electrons. The number of aromatic nitrogens is 4. The third-order valence-electron chi connectivity index (χ3n) is 4.61. The molecular formula is C19H15F3N4O. The Morgan fingerprint density at radius 2 is 1.89 bits per heavy atom. The molecule has 5 nitrogen and oxygen atoms in total. The van der Waals surface area contributed by atoms with Gasteiger partial charge in [0.05, 0.1) is 5.56 Å². The lowest BCUT2D eigenvalue weighted by Crippen LogP contribution is -2.13. The molecule has 0 fully saturated rings. The highest BCUT2D eigenvalue weighted by molar-refractivity contribution is 5.96. The van der Waals surface area contributed by atoms with Gasteiger partial charge in [-0.1, -0.05) is 24.3 Å². The van der Waals surface area contributed by atoms with E-state index in [0.717, 1.165) is 36.2 Å². The number of fused-ring (bicyclic) bond motifs is 1. The molecule has 1 aliphatic rings. The zero-order valence-electron chi connectivity index (χ0n) is 14.2. The summed E-state index contributed by atoms with van der Waals surface area (Å²) in [5, 5.41) is 11.6. The molecule has 1 heterocycles. The first-order valence-corrected chi connectivity index (χ1v) is 8.50. The first-order chi connectivity index (χ1) is 12.9. The van der Waals surface area contributed by atoms with Crippen molar-refractivity contribution >= 4 is 5.78 Å². The van der Waals surface area contributed by atoms with Crippen molar-refractivity contribution in [2.45, 2.75) is 32.0 Å². The average molecular weight is 372 g/mol. The van der Waals surface area contributed by atoms with Gasteiger partial charge in [-0.3, -0.25) is 4.79 Å². The van der Waals surface area contributed by atoms with Gasteiger partial charge >= 0.3 is 6.18 Å². The van der Waals surface area contributed by atoms with Gasteiger partial charge in [-0.15, -0.1) is 10.2 Å². The molecule has 0 unspecified atom stereocenters. The molecule has 3 aromatic rings. The van der Waals surface area contributed by atoms with Crippen molar-refractivity contribution in [1.29, 1.82) is 0 Å². The number of benzene rings is 2. The Balaban J connectivity index is 1.52. The summed E-state index contributed by atoms with van der Waals surface area (Å²) < 4.78 is 38.5. The molecule has 27 heavy (non-hydrogen) atoms. The third-order valence-corrected chi connectivity index (χ3v) is 4.61. The molecule has 0 N–H and O–H groups in total. The SMILES string of the molecule is O=C(Cn1nnc(-c2cccc(C(F)(F)F)c2)n1)c1ccc2c(c1)CCC2. The molecule has 0 amide bonds. The van der Waals surface area contributed by atoms with Crippen LogP contribution in [0.1, 0.15) is 33.5 Å². The average Bonchev–Trinajstić information content (AvgIpc) is 3.29. The fourth-order valence-corrected chi connectivity index (χ4v) is 3.23. The highest BCUT2D eigenvalue weighted by Gasteiger charge is 2.30. The van der Waals surface area contributed by atoms with E-state index in [0.29, 0.717) is 5.56 Å². The molecule has 0 atom stereocenters. The molecule has 4 rings (SSSR count). The van der Waals surface area contributed by atoms with Crippen LogP contribution in [0.25, 0.3) is 11.4 Å². The van der Waals surface area contributed by atoms with Crippen LogP contribution in [0.3, 0.4) is 0 Å². The minimum atomic E-state index is -4.45. The van der Waals surface area contributed by atoms with Crippen molar-refractivity contribution in [2.75, 3.05) is 0 Å². The monoisotopic (exact) mass is 372 g/mol. The van der Waals surface area contributed by atoms with Gasteiger partial charge in [-0.05, 0) is 53.8 Å². The zero-order valence-corrected chi connectivity index (χ0v) is 14.2. The van der Waals surface area contributed by atoms with Gasteiger partial charge in [-0.25, -0.2) is 0 Å². The van der Waals surface area contributed by atoms with E-state index in [1.807, 2.05) is 12.1 Å². The first kappa shape index (κ1) is 17.4. The van der Waals surface area contributed by atoms with Crippen molar-refractivity contribution in [2.24, 2.45) is 0 Å². The smallest absolute Gasteiger partial charge is 0.292 e. The van der Waals surface area contributed by atoms with E-state index >= 15 is 0 Å². The number of ketones is 1. The van der Waals surface area contributed by atoms with Crippen LogP contribution in [-0.2, 0) is 25.6 Å². The van der Waals surface area contributed by atoms with Crippen molar-refractivity contribution in [1.82, 2.24) is 20.2 Å². The maximum absolute atomic E-state index is 12.8. The molecular weight excluding hydrogens is 357 g/mol. The summed E-state index contributed by atoms with van der Waals surface area (Å²) in [4.78, 5) is 13.6. The second-order valence-corrected chi connectivity index (χ2v) is 6.48.